The lowest BCUT2D eigenvalue weighted by Gasteiger charge is -2.26. The molecule has 1 heterocycles. The molecule has 0 aliphatic carbocycles. The Morgan fingerprint density at radius 3 is 2.00 bits per heavy atom. The summed E-state index contributed by atoms with van der Waals surface area (Å²) < 4.78 is 21.6. The normalized spacial score (nSPS) is 16.7. The van der Waals surface area contributed by atoms with Gasteiger partial charge in [-0.3, -0.25) is 14.5 Å². The number of hydrogen-bond acceptors (Lipinski definition) is 7. The SMILES string of the molecule is CCOc1cc(C2/C(=C(/O)c3ccc(OC)cc3)C(=O)C(=O)N2c2ccc(OC)cc2)ccc1OC. The van der Waals surface area contributed by atoms with E-state index in [4.69, 9.17) is 18.9 Å². The second-order valence-corrected chi connectivity index (χ2v) is 7.94. The molecule has 3 aromatic rings. The van der Waals surface area contributed by atoms with Gasteiger partial charge < -0.3 is 24.1 Å². The average molecular weight is 490 g/mol. The van der Waals surface area contributed by atoms with Gasteiger partial charge in [0.1, 0.15) is 17.3 Å². The number of Topliss-reactive ketones (excluding diaryl/α,β-unsaturated/α-hetero) is 1. The maximum Gasteiger partial charge on any atom is 0.300 e. The van der Waals surface area contributed by atoms with E-state index in [2.05, 4.69) is 0 Å². The van der Waals surface area contributed by atoms with E-state index >= 15 is 0 Å². The number of carbonyl (C=O) groups excluding carboxylic acids is 2. The summed E-state index contributed by atoms with van der Waals surface area (Å²) in [4.78, 5) is 28.1. The predicted molar refractivity (Wildman–Crippen MR) is 135 cm³/mol. The number of amides is 1. The van der Waals surface area contributed by atoms with Crippen LogP contribution in [0.25, 0.3) is 5.76 Å². The average Bonchev–Trinajstić information content (AvgIpc) is 3.18. The highest BCUT2D eigenvalue weighted by molar-refractivity contribution is 6.51. The monoisotopic (exact) mass is 489 g/mol. The molecule has 3 aromatic carbocycles. The zero-order valence-electron chi connectivity index (χ0n) is 20.5. The molecule has 1 fully saturated rings. The minimum atomic E-state index is -0.911. The van der Waals surface area contributed by atoms with Crippen LogP contribution in [-0.2, 0) is 9.59 Å². The Labute approximate surface area is 209 Å². The highest BCUT2D eigenvalue weighted by atomic mass is 16.5. The number of methoxy groups -OCH3 is 3. The van der Waals surface area contributed by atoms with Crippen LogP contribution in [0.2, 0.25) is 0 Å². The summed E-state index contributed by atoms with van der Waals surface area (Å²) in [6, 6.07) is 17.7. The molecule has 0 radical (unpaired) electrons. The van der Waals surface area contributed by atoms with Crippen molar-refractivity contribution >= 4 is 23.1 Å². The standard InChI is InChI=1S/C28H27NO7/c1-5-36-23-16-18(8-15-22(23)35-4)25-24(26(30)17-6-11-20(33-2)12-7-17)27(31)28(32)29(25)19-9-13-21(34-3)14-10-19/h6-16,25,30H,5H2,1-4H3/b26-24-. The minimum absolute atomic E-state index is 0.0337. The Kier molecular flexibility index (Phi) is 7.15. The number of hydrogen-bond donors (Lipinski definition) is 1. The van der Waals surface area contributed by atoms with Crippen molar-refractivity contribution < 1.29 is 33.6 Å². The van der Waals surface area contributed by atoms with Crippen molar-refractivity contribution in [3.05, 3.63) is 83.4 Å². The zero-order valence-corrected chi connectivity index (χ0v) is 20.5. The Balaban J connectivity index is 1.93. The first-order valence-corrected chi connectivity index (χ1v) is 11.3. The summed E-state index contributed by atoms with van der Waals surface area (Å²) in [7, 11) is 4.61. The molecular formula is C28H27NO7. The molecule has 1 atom stereocenters. The first kappa shape index (κ1) is 24.7. The third-order valence-corrected chi connectivity index (χ3v) is 5.96. The Morgan fingerprint density at radius 2 is 1.44 bits per heavy atom. The highest BCUT2D eigenvalue weighted by Gasteiger charge is 2.47. The lowest BCUT2D eigenvalue weighted by atomic mass is 9.94. The Hall–Kier alpha value is -4.46. The van der Waals surface area contributed by atoms with Crippen molar-refractivity contribution in [2.75, 3.05) is 32.8 Å². The molecule has 8 nitrogen and oxygen atoms in total. The smallest absolute Gasteiger partial charge is 0.300 e. The Morgan fingerprint density at radius 1 is 0.833 bits per heavy atom. The van der Waals surface area contributed by atoms with Crippen LogP contribution in [-0.4, -0.2) is 44.7 Å². The van der Waals surface area contributed by atoms with Gasteiger partial charge in [0.2, 0.25) is 0 Å². The summed E-state index contributed by atoms with van der Waals surface area (Å²) in [6.07, 6.45) is 0. The fourth-order valence-electron chi connectivity index (χ4n) is 4.19. The zero-order chi connectivity index (χ0) is 25.8. The summed E-state index contributed by atoms with van der Waals surface area (Å²) >= 11 is 0. The molecule has 4 rings (SSSR count). The van der Waals surface area contributed by atoms with E-state index < -0.39 is 17.7 Å². The van der Waals surface area contributed by atoms with Gasteiger partial charge in [-0.25, -0.2) is 0 Å². The van der Waals surface area contributed by atoms with Crippen LogP contribution in [0.5, 0.6) is 23.0 Å². The number of aliphatic hydroxyl groups excluding tert-OH is 1. The van der Waals surface area contributed by atoms with Gasteiger partial charge in [0, 0.05) is 11.3 Å². The van der Waals surface area contributed by atoms with Crippen molar-refractivity contribution in [1.29, 1.82) is 0 Å². The van der Waals surface area contributed by atoms with E-state index in [-0.39, 0.29) is 11.3 Å². The topological polar surface area (TPSA) is 94.5 Å². The van der Waals surface area contributed by atoms with Crippen molar-refractivity contribution in [3.8, 4) is 23.0 Å². The number of aliphatic hydroxyl groups is 1. The van der Waals surface area contributed by atoms with Crippen LogP contribution in [0, 0.1) is 0 Å². The lowest BCUT2D eigenvalue weighted by molar-refractivity contribution is -0.132. The number of ether oxygens (including phenoxy) is 4. The van der Waals surface area contributed by atoms with E-state index in [0.29, 0.717) is 46.4 Å². The third kappa shape index (κ3) is 4.45. The van der Waals surface area contributed by atoms with Crippen LogP contribution in [0.1, 0.15) is 24.1 Å². The van der Waals surface area contributed by atoms with Gasteiger partial charge in [-0.15, -0.1) is 0 Å². The molecule has 1 unspecified atom stereocenters. The molecule has 1 aliphatic rings. The number of carbonyl (C=O) groups is 2. The summed E-state index contributed by atoms with van der Waals surface area (Å²) in [5, 5.41) is 11.3. The van der Waals surface area contributed by atoms with Gasteiger partial charge in [-0.1, -0.05) is 6.07 Å². The largest absolute Gasteiger partial charge is 0.507 e. The molecule has 0 spiro atoms. The van der Waals surface area contributed by atoms with Crippen molar-refractivity contribution in [2.24, 2.45) is 0 Å². The molecule has 186 valence electrons. The summed E-state index contributed by atoms with van der Waals surface area (Å²) in [5.41, 5.74) is 1.40. The predicted octanol–water partition coefficient (Wildman–Crippen LogP) is 4.74. The van der Waals surface area contributed by atoms with Crippen molar-refractivity contribution in [1.82, 2.24) is 0 Å². The maximum absolute atomic E-state index is 13.4. The van der Waals surface area contributed by atoms with Gasteiger partial charge in [0.25, 0.3) is 11.7 Å². The highest BCUT2D eigenvalue weighted by Crippen LogP contribution is 2.44. The van der Waals surface area contributed by atoms with Crippen LogP contribution >= 0.6 is 0 Å². The first-order valence-electron chi connectivity index (χ1n) is 11.3. The molecule has 1 saturated heterocycles. The third-order valence-electron chi connectivity index (χ3n) is 5.96. The molecule has 1 amide bonds. The van der Waals surface area contributed by atoms with E-state index in [9.17, 15) is 14.7 Å². The fraction of sp³-hybridized carbons (Fsp3) is 0.214. The van der Waals surface area contributed by atoms with E-state index in [1.807, 2.05) is 6.92 Å². The number of ketones is 1. The number of anilines is 1. The quantitative estimate of drug-likeness (QED) is 0.278. The second kappa shape index (κ2) is 10.4. The summed E-state index contributed by atoms with van der Waals surface area (Å²) in [5.74, 6) is 0.337. The number of benzene rings is 3. The molecule has 1 N–H and O–H groups in total. The minimum Gasteiger partial charge on any atom is -0.507 e. The molecular weight excluding hydrogens is 462 g/mol. The molecule has 0 saturated carbocycles. The summed E-state index contributed by atoms with van der Waals surface area (Å²) in [6.45, 7) is 2.24. The van der Waals surface area contributed by atoms with Crippen molar-refractivity contribution in [2.45, 2.75) is 13.0 Å². The van der Waals surface area contributed by atoms with Gasteiger partial charge in [-0.2, -0.15) is 0 Å². The maximum atomic E-state index is 13.4. The van der Waals surface area contributed by atoms with E-state index in [1.165, 1.54) is 19.1 Å². The molecule has 1 aliphatic heterocycles. The number of rotatable bonds is 8. The fourth-order valence-corrected chi connectivity index (χ4v) is 4.19. The van der Waals surface area contributed by atoms with Crippen molar-refractivity contribution in [3.63, 3.8) is 0 Å². The number of nitrogens with zero attached hydrogens (tertiary/aromatic N) is 1. The van der Waals surface area contributed by atoms with Gasteiger partial charge in [0.15, 0.2) is 11.5 Å². The van der Waals surface area contributed by atoms with Gasteiger partial charge >= 0.3 is 0 Å². The van der Waals surface area contributed by atoms with Gasteiger partial charge in [-0.05, 0) is 73.2 Å². The molecule has 36 heavy (non-hydrogen) atoms. The van der Waals surface area contributed by atoms with E-state index in [1.54, 1.807) is 73.8 Å². The lowest BCUT2D eigenvalue weighted by Crippen LogP contribution is -2.29. The Bertz CT molecular complexity index is 1300. The second-order valence-electron chi connectivity index (χ2n) is 7.94. The molecule has 0 aromatic heterocycles. The first-order chi connectivity index (χ1) is 17.4. The van der Waals surface area contributed by atoms with E-state index in [0.717, 1.165) is 0 Å². The van der Waals surface area contributed by atoms with Gasteiger partial charge in [0.05, 0.1) is 39.6 Å². The molecule has 8 heteroatoms. The van der Waals surface area contributed by atoms with Crippen LogP contribution < -0.4 is 23.8 Å². The molecule has 0 bridgehead atoms. The van der Waals surface area contributed by atoms with Crippen LogP contribution in [0.4, 0.5) is 5.69 Å². The van der Waals surface area contributed by atoms with Crippen LogP contribution in [0.3, 0.4) is 0 Å². The van der Waals surface area contributed by atoms with Crippen LogP contribution in [0.15, 0.2) is 72.3 Å².